The Labute approximate surface area is 316 Å². The molecular formula is C42H43F6N5O2. The highest BCUT2D eigenvalue weighted by molar-refractivity contribution is 5.96. The van der Waals surface area contributed by atoms with E-state index >= 15 is 0 Å². The summed E-state index contributed by atoms with van der Waals surface area (Å²) in [5, 5.41) is 0. The average Bonchev–Trinajstić information content (AvgIpc) is 3.20. The van der Waals surface area contributed by atoms with Crippen molar-refractivity contribution in [1.29, 1.82) is 0 Å². The van der Waals surface area contributed by atoms with Crippen molar-refractivity contribution in [3.8, 4) is 11.1 Å². The average molecular weight is 764 g/mol. The molecule has 3 saturated heterocycles. The van der Waals surface area contributed by atoms with Crippen molar-refractivity contribution >= 4 is 11.8 Å². The van der Waals surface area contributed by atoms with Gasteiger partial charge in [0.1, 0.15) is 0 Å². The predicted octanol–water partition coefficient (Wildman–Crippen LogP) is 7.92. The van der Waals surface area contributed by atoms with Gasteiger partial charge in [0, 0.05) is 87.5 Å². The number of rotatable bonds is 7. The molecule has 7 nitrogen and oxygen atoms in total. The fourth-order valence-electron chi connectivity index (χ4n) is 8.41. The first kappa shape index (κ1) is 38.5. The number of hydrogen-bond acceptors (Lipinski definition) is 5. The van der Waals surface area contributed by atoms with E-state index < -0.39 is 41.0 Å². The Morgan fingerprint density at radius 2 is 1.20 bits per heavy atom. The second kappa shape index (κ2) is 16.2. The van der Waals surface area contributed by atoms with E-state index in [1.807, 2.05) is 71.6 Å². The lowest BCUT2D eigenvalue weighted by Crippen LogP contribution is -2.58. The fourth-order valence-corrected chi connectivity index (χ4v) is 8.41. The van der Waals surface area contributed by atoms with Crippen molar-refractivity contribution in [2.45, 2.75) is 62.6 Å². The summed E-state index contributed by atoms with van der Waals surface area (Å²) in [5.74, 6) is -0.796. The van der Waals surface area contributed by atoms with E-state index in [0.29, 0.717) is 56.1 Å². The first-order chi connectivity index (χ1) is 26.3. The molecule has 55 heavy (non-hydrogen) atoms. The summed E-state index contributed by atoms with van der Waals surface area (Å²) < 4.78 is 82.0. The molecule has 4 heterocycles. The molecule has 0 bridgehead atoms. The number of amides is 2. The van der Waals surface area contributed by atoms with Gasteiger partial charge < -0.3 is 9.80 Å². The zero-order valence-corrected chi connectivity index (χ0v) is 30.3. The van der Waals surface area contributed by atoms with Crippen LogP contribution < -0.4 is 0 Å². The number of nitrogens with zero attached hydrogens (tertiary/aromatic N) is 5. The molecular weight excluding hydrogens is 720 g/mol. The van der Waals surface area contributed by atoms with Crippen LogP contribution in [-0.4, -0.2) is 100 Å². The summed E-state index contributed by atoms with van der Waals surface area (Å²) in [6.07, 6.45) is -3.33. The van der Waals surface area contributed by atoms with Gasteiger partial charge in [0.15, 0.2) is 0 Å². The van der Waals surface area contributed by atoms with Crippen LogP contribution in [0, 0.1) is 0 Å². The third kappa shape index (κ3) is 9.05. The molecule has 7 rings (SSSR count). The quantitative estimate of drug-likeness (QED) is 0.179. The number of pyridine rings is 1. The van der Waals surface area contributed by atoms with Gasteiger partial charge in [-0.1, -0.05) is 42.5 Å². The van der Waals surface area contributed by atoms with Crippen LogP contribution in [0.2, 0.25) is 0 Å². The number of likely N-dealkylation sites (tertiary alicyclic amines) is 2. The second-order valence-corrected chi connectivity index (χ2v) is 14.7. The number of benzene rings is 3. The van der Waals surface area contributed by atoms with Crippen LogP contribution in [0.25, 0.3) is 11.1 Å². The molecule has 0 N–H and O–H groups in total. The molecule has 0 saturated carbocycles. The molecule has 2 unspecified atom stereocenters. The zero-order chi connectivity index (χ0) is 38.7. The number of alkyl halides is 6. The number of aromatic nitrogens is 1. The van der Waals surface area contributed by atoms with Crippen molar-refractivity contribution in [2.24, 2.45) is 0 Å². The van der Waals surface area contributed by atoms with Crippen molar-refractivity contribution in [3.63, 3.8) is 0 Å². The van der Waals surface area contributed by atoms with Crippen LogP contribution in [-0.2, 0) is 18.8 Å². The Morgan fingerprint density at radius 3 is 1.82 bits per heavy atom. The normalized spacial score (nSPS) is 20.8. The van der Waals surface area contributed by atoms with Gasteiger partial charge in [0.25, 0.3) is 11.8 Å². The molecule has 0 spiro atoms. The Hall–Kier alpha value is -4.75. The predicted molar refractivity (Wildman–Crippen MR) is 196 cm³/mol. The monoisotopic (exact) mass is 763 g/mol. The van der Waals surface area contributed by atoms with Gasteiger partial charge in [-0.25, -0.2) is 0 Å². The Balaban J connectivity index is 0.973. The summed E-state index contributed by atoms with van der Waals surface area (Å²) in [4.78, 5) is 39.7. The Kier molecular flexibility index (Phi) is 11.3. The highest BCUT2D eigenvalue weighted by atomic mass is 19.4. The number of hydrogen-bond donors (Lipinski definition) is 0. The summed E-state index contributed by atoms with van der Waals surface area (Å²) >= 11 is 0. The highest BCUT2D eigenvalue weighted by Gasteiger charge is 2.40. The van der Waals surface area contributed by atoms with Gasteiger partial charge in [-0.2, -0.15) is 26.3 Å². The smallest absolute Gasteiger partial charge is 0.339 e. The Morgan fingerprint density at radius 1 is 0.600 bits per heavy atom. The van der Waals surface area contributed by atoms with Gasteiger partial charge in [0.2, 0.25) is 0 Å². The second-order valence-electron chi connectivity index (χ2n) is 14.7. The third-order valence-corrected chi connectivity index (χ3v) is 11.4. The number of carbonyl (C=O) groups is 2. The molecule has 3 aromatic carbocycles. The van der Waals surface area contributed by atoms with Crippen LogP contribution in [0.3, 0.4) is 0 Å². The number of piperidine rings is 2. The van der Waals surface area contributed by atoms with E-state index in [4.69, 9.17) is 0 Å². The first-order valence-corrected chi connectivity index (χ1v) is 18.8. The fraction of sp³-hybridized carbons (Fsp3) is 0.405. The summed E-state index contributed by atoms with van der Waals surface area (Å²) in [6, 6.07) is 22.1. The van der Waals surface area contributed by atoms with Gasteiger partial charge >= 0.3 is 12.4 Å². The third-order valence-electron chi connectivity index (χ3n) is 11.4. The van der Waals surface area contributed by atoms with Gasteiger partial charge in [-0.05, 0) is 91.3 Å². The van der Waals surface area contributed by atoms with E-state index in [1.54, 1.807) is 12.4 Å². The molecule has 1 aromatic heterocycles. The lowest BCUT2D eigenvalue weighted by molar-refractivity contribution is -0.143. The van der Waals surface area contributed by atoms with Crippen LogP contribution in [0.4, 0.5) is 26.3 Å². The van der Waals surface area contributed by atoms with Crippen molar-refractivity contribution in [1.82, 2.24) is 24.6 Å². The SMILES string of the molecule is O=C(c1cccc(-c2ccncc2)c1)N1CCC(N2CCN(C3CCN(C(=O)c4cc(C(F)(F)F)cc(C(F)(F)F)c4)C(Cc4ccccc4)C3)CC2)CC1. The standard InChI is InChI=1S/C42H43F6N5O2/c43-41(44,45)34-25-33(26-35(27-34)42(46,47)48)40(55)53-18-13-37(28-38(53)23-29-5-2-1-3-6-29)51-21-19-50(20-22-51)36-11-16-52(17-12-36)39(54)32-8-4-7-31(24-32)30-9-14-49-15-10-30/h1-10,14-15,24-27,36-38H,11-13,16-23,28H2. The van der Waals surface area contributed by atoms with Crippen LogP contribution in [0.5, 0.6) is 0 Å². The van der Waals surface area contributed by atoms with Gasteiger partial charge in [-0.15, -0.1) is 0 Å². The van der Waals surface area contributed by atoms with Crippen LogP contribution in [0.1, 0.15) is 63.1 Å². The van der Waals surface area contributed by atoms with Crippen molar-refractivity contribution in [3.05, 3.63) is 125 Å². The summed E-state index contributed by atoms with van der Waals surface area (Å²) in [7, 11) is 0. The summed E-state index contributed by atoms with van der Waals surface area (Å²) in [6.45, 7) is 4.87. The van der Waals surface area contributed by atoms with E-state index in [2.05, 4.69) is 14.8 Å². The Bertz CT molecular complexity index is 1910. The first-order valence-electron chi connectivity index (χ1n) is 18.8. The van der Waals surface area contributed by atoms with Crippen LogP contribution >= 0.6 is 0 Å². The highest BCUT2D eigenvalue weighted by Crippen LogP contribution is 2.37. The van der Waals surface area contributed by atoms with Crippen molar-refractivity contribution < 1.29 is 35.9 Å². The van der Waals surface area contributed by atoms with E-state index in [-0.39, 0.29) is 24.6 Å². The maximum absolute atomic E-state index is 13.8. The zero-order valence-electron chi connectivity index (χ0n) is 30.3. The van der Waals surface area contributed by atoms with Gasteiger partial charge in [0.05, 0.1) is 11.1 Å². The molecule has 3 fully saturated rings. The van der Waals surface area contributed by atoms with E-state index in [1.165, 1.54) is 4.90 Å². The number of carbonyl (C=O) groups excluding carboxylic acids is 2. The maximum Gasteiger partial charge on any atom is 0.416 e. The van der Waals surface area contributed by atoms with Crippen molar-refractivity contribution in [2.75, 3.05) is 45.8 Å². The minimum atomic E-state index is -5.04. The van der Waals surface area contributed by atoms with E-state index in [9.17, 15) is 35.9 Å². The molecule has 4 aromatic rings. The molecule has 2 amide bonds. The molecule has 3 aliphatic rings. The van der Waals surface area contributed by atoms with Crippen LogP contribution in [0.15, 0.2) is 97.3 Å². The molecule has 13 heteroatoms. The molecule has 290 valence electrons. The molecule has 0 radical (unpaired) electrons. The molecule has 0 aliphatic carbocycles. The topological polar surface area (TPSA) is 60.0 Å². The lowest BCUT2D eigenvalue weighted by atomic mass is 9.90. The van der Waals surface area contributed by atoms with Gasteiger partial charge in [-0.3, -0.25) is 24.4 Å². The number of halogens is 6. The molecule has 3 aliphatic heterocycles. The molecule has 2 atom stereocenters. The summed E-state index contributed by atoms with van der Waals surface area (Å²) in [5.41, 5.74) is -0.0310. The maximum atomic E-state index is 13.8. The minimum Gasteiger partial charge on any atom is -0.339 e. The lowest BCUT2D eigenvalue weighted by Gasteiger charge is -2.48. The largest absolute Gasteiger partial charge is 0.416 e. The number of piperazine rings is 1. The van der Waals surface area contributed by atoms with E-state index in [0.717, 1.165) is 55.7 Å². The minimum absolute atomic E-state index is 0.0305.